The molecule has 30 heavy (non-hydrogen) atoms. The summed E-state index contributed by atoms with van der Waals surface area (Å²) in [6.45, 7) is 5.47. The second-order valence-corrected chi connectivity index (χ2v) is 7.75. The van der Waals surface area contributed by atoms with Gasteiger partial charge in [0.2, 0.25) is 5.91 Å². The summed E-state index contributed by atoms with van der Waals surface area (Å²) >= 11 is 5.94. The molecule has 8 heteroatoms. The Labute approximate surface area is 180 Å². The van der Waals surface area contributed by atoms with E-state index in [1.165, 1.54) is 0 Å². The number of morpholine rings is 1. The number of aromatic nitrogens is 3. The normalized spacial score (nSPS) is 14.9. The number of fused-ring (bicyclic) bond motifs is 1. The first-order valence-electron chi connectivity index (χ1n) is 9.86. The van der Waals surface area contributed by atoms with Crippen LogP contribution in [0.4, 0.5) is 5.69 Å². The van der Waals surface area contributed by atoms with Crippen LogP contribution in [0.5, 0.6) is 0 Å². The van der Waals surface area contributed by atoms with Crippen molar-refractivity contribution in [3.63, 3.8) is 0 Å². The summed E-state index contributed by atoms with van der Waals surface area (Å²) in [5.74, 6) is -0.0964. The van der Waals surface area contributed by atoms with E-state index in [9.17, 15) is 4.79 Å². The number of allylic oxidation sites excluding steroid dienone is 1. The molecule has 4 rings (SSSR count). The van der Waals surface area contributed by atoms with Crippen LogP contribution in [0.2, 0.25) is 5.15 Å². The van der Waals surface area contributed by atoms with E-state index < -0.39 is 0 Å². The Balaban J connectivity index is 1.54. The molecule has 7 nitrogen and oxygen atoms in total. The van der Waals surface area contributed by atoms with Crippen LogP contribution in [-0.2, 0) is 16.1 Å². The van der Waals surface area contributed by atoms with E-state index >= 15 is 0 Å². The van der Waals surface area contributed by atoms with Crippen molar-refractivity contribution >= 4 is 39.8 Å². The van der Waals surface area contributed by atoms with Crippen LogP contribution in [0.1, 0.15) is 18.2 Å². The van der Waals surface area contributed by atoms with Crippen molar-refractivity contribution in [1.29, 1.82) is 0 Å². The van der Waals surface area contributed by atoms with E-state index in [0.717, 1.165) is 59.9 Å². The quantitative estimate of drug-likeness (QED) is 0.500. The van der Waals surface area contributed by atoms with Crippen molar-refractivity contribution in [3.8, 4) is 0 Å². The van der Waals surface area contributed by atoms with Crippen molar-refractivity contribution in [2.45, 2.75) is 13.5 Å². The number of nitrogens with zero attached hydrogens (tertiary/aromatic N) is 4. The van der Waals surface area contributed by atoms with Gasteiger partial charge >= 0.3 is 0 Å². The number of nitrogens with one attached hydrogen (secondary N) is 1. The van der Waals surface area contributed by atoms with Gasteiger partial charge in [0.15, 0.2) is 0 Å². The van der Waals surface area contributed by atoms with Crippen LogP contribution in [0, 0.1) is 0 Å². The average Bonchev–Trinajstić information content (AvgIpc) is 3.17. The Kier molecular flexibility index (Phi) is 6.01. The number of rotatable bonds is 5. The molecule has 1 amide bonds. The third kappa shape index (κ3) is 4.47. The smallest absolute Gasteiger partial charge is 0.246 e. The van der Waals surface area contributed by atoms with E-state index in [2.05, 4.69) is 25.9 Å². The molecule has 1 aliphatic rings. The van der Waals surface area contributed by atoms with Gasteiger partial charge in [0.1, 0.15) is 10.8 Å². The van der Waals surface area contributed by atoms with Crippen LogP contribution in [0.25, 0.3) is 16.6 Å². The maximum absolute atomic E-state index is 12.7. The summed E-state index contributed by atoms with van der Waals surface area (Å²) in [5.41, 5.74) is 4.46. The van der Waals surface area contributed by atoms with Crippen LogP contribution in [0.3, 0.4) is 0 Å². The third-order valence-electron chi connectivity index (χ3n) is 5.21. The van der Waals surface area contributed by atoms with E-state index in [1.807, 2.05) is 31.5 Å². The number of ether oxygens (including phenoxy) is 1. The number of amides is 1. The molecule has 0 atom stereocenters. The number of hydrogen-bond acceptors (Lipinski definition) is 5. The fraction of sp³-hybridized carbons (Fsp3) is 0.318. The van der Waals surface area contributed by atoms with Gasteiger partial charge in [-0.25, -0.2) is 9.97 Å². The highest BCUT2D eigenvalue weighted by molar-refractivity contribution is 6.29. The highest BCUT2D eigenvalue weighted by Gasteiger charge is 2.15. The highest BCUT2D eigenvalue weighted by Crippen LogP contribution is 2.28. The zero-order valence-corrected chi connectivity index (χ0v) is 17.8. The number of carbonyl (C=O) groups is 1. The zero-order chi connectivity index (χ0) is 21.1. The van der Waals surface area contributed by atoms with Gasteiger partial charge in [0, 0.05) is 43.4 Å². The molecule has 156 valence electrons. The summed E-state index contributed by atoms with van der Waals surface area (Å²) in [5, 5.41) is 1.42. The van der Waals surface area contributed by atoms with Gasteiger partial charge in [0.05, 0.1) is 37.3 Å². The minimum absolute atomic E-state index is 0.0964. The summed E-state index contributed by atoms with van der Waals surface area (Å²) in [6.07, 6.45) is 5.43. The fourth-order valence-corrected chi connectivity index (χ4v) is 3.73. The highest BCUT2D eigenvalue weighted by atomic mass is 35.5. The van der Waals surface area contributed by atoms with E-state index in [-0.39, 0.29) is 5.91 Å². The number of halogens is 1. The second kappa shape index (κ2) is 8.85. The van der Waals surface area contributed by atoms with Gasteiger partial charge in [-0.3, -0.25) is 4.79 Å². The number of H-pyrrole nitrogens is 1. The zero-order valence-electron chi connectivity index (χ0n) is 17.1. The number of likely N-dealkylation sites (N-methyl/N-ethyl adjacent to an activating group) is 1. The van der Waals surface area contributed by atoms with Crippen molar-refractivity contribution in [2.24, 2.45) is 0 Å². The van der Waals surface area contributed by atoms with Gasteiger partial charge in [-0.1, -0.05) is 17.7 Å². The van der Waals surface area contributed by atoms with Gasteiger partial charge in [-0.2, -0.15) is 0 Å². The van der Waals surface area contributed by atoms with Crippen molar-refractivity contribution in [2.75, 3.05) is 38.3 Å². The Bertz CT molecular complexity index is 1090. The van der Waals surface area contributed by atoms with E-state index in [0.29, 0.717) is 11.7 Å². The predicted octanol–water partition coefficient (Wildman–Crippen LogP) is 3.51. The molecule has 3 aromatic heterocycles. The SMILES string of the molecule is C/C(=C\C(=O)N(C)Cc1cccc(Cl)n1)c1c[nH]c2ncc(N3CCOCC3)cc12. The molecular formula is C22H24ClN5O2. The lowest BCUT2D eigenvalue weighted by atomic mass is 10.1. The van der Waals surface area contributed by atoms with Gasteiger partial charge < -0.3 is 19.5 Å². The van der Waals surface area contributed by atoms with Crippen LogP contribution in [-0.4, -0.2) is 59.1 Å². The van der Waals surface area contributed by atoms with Crippen molar-refractivity contribution in [1.82, 2.24) is 19.9 Å². The minimum Gasteiger partial charge on any atom is -0.378 e. The minimum atomic E-state index is -0.0964. The molecule has 0 aromatic carbocycles. The lowest BCUT2D eigenvalue weighted by molar-refractivity contribution is -0.125. The Morgan fingerprint density at radius 2 is 2.17 bits per heavy atom. The fourth-order valence-electron chi connectivity index (χ4n) is 3.55. The molecule has 0 aliphatic carbocycles. The van der Waals surface area contributed by atoms with Gasteiger partial charge in [-0.05, 0) is 30.7 Å². The summed E-state index contributed by atoms with van der Waals surface area (Å²) in [7, 11) is 1.75. The lowest BCUT2D eigenvalue weighted by Crippen LogP contribution is -2.36. The van der Waals surface area contributed by atoms with Crippen LogP contribution >= 0.6 is 11.6 Å². The first-order chi connectivity index (χ1) is 14.5. The molecule has 0 spiro atoms. The topological polar surface area (TPSA) is 74.4 Å². The second-order valence-electron chi connectivity index (χ2n) is 7.36. The Hall–Kier alpha value is -2.90. The largest absolute Gasteiger partial charge is 0.378 e. The number of anilines is 1. The number of aromatic amines is 1. The van der Waals surface area contributed by atoms with Crippen LogP contribution in [0.15, 0.2) is 42.7 Å². The molecule has 1 N–H and O–H groups in total. The summed E-state index contributed by atoms with van der Waals surface area (Å²) in [6, 6.07) is 7.52. The first-order valence-corrected chi connectivity index (χ1v) is 10.2. The van der Waals surface area contributed by atoms with Crippen LogP contribution < -0.4 is 4.90 Å². The number of pyridine rings is 2. The molecule has 4 heterocycles. The molecule has 3 aromatic rings. The van der Waals surface area contributed by atoms with Gasteiger partial charge in [-0.15, -0.1) is 0 Å². The molecule has 0 radical (unpaired) electrons. The molecule has 0 bridgehead atoms. The molecule has 1 saturated heterocycles. The lowest BCUT2D eigenvalue weighted by Gasteiger charge is -2.28. The first kappa shape index (κ1) is 20.4. The molecule has 0 saturated carbocycles. The Morgan fingerprint density at radius 3 is 2.93 bits per heavy atom. The molecule has 1 aliphatic heterocycles. The molecular weight excluding hydrogens is 402 g/mol. The maximum Gasteiger partial charge on any atom is 0.246 e. The monoisotopic (exact) mass is 425 g/mol. The summed E-state index contributed by atoms with van der Waals surface area (Å²) in [4.78, 5) is 28.6. The maximum atomic E-state index is 12.7. The summed E-state index contributed by atoms with van der Waals surface area (Å²) < 4.78 is 5.44. The van der Waals surface area contributed by atoms with Gasteiger partial charge in [0.25, 0.3) is 0 Å². The number of hydrogen-bond donors (Lipinski definition) is 1. The molecule has 1 fully saturated rings. The van der Waals surface area contributed by atoms with Crippen molar-refractivity contribution in [3.05, 3.63) is 59.1 Å². The predicted molar refractivity (Wildman–Crippen MR) is 118 cm³/mol. The average molecular weight is 426 g/mol. The van der Waals surface area contributed by atoms with Crippen molar-refractivity contribution < 1.29 is 9.53 Å². The van der Waals surface area contributed by atoms with E-state index in [1.54, 1.807) is 24.1 Å². The van der Waals surface area contributed by atoms with E-state index in [4.69, 9.17) is 16.3 Å². The standard InChI is InChI=1S/C22H24ClN5O2/c1-15(10-21(29)27(2)14-16-4-3-5-20(23)26-16)19-13-25-22-18(19)11-17(12-24-22)28-6-8-30-9-7-28/h3-5,10-13H,6-9,14H2,1-2H3,(H,24,25)/b15-10+. The third-order valence-corrected chi connectivity index (χ3v) is 5.42. The molecule has 0 unspecified atom stereocenters. The number of carbonyl (C=O) groups excluding carboxylic acids is 1. The Morgan fingerprint density at radius 1 is 1.37 bits per heavy atom.